The number of hydrogen-bond acceptors (Lipinski definition) is 2. The molecular formula is C21H22N2O2. The summed E-state index contributed by atoms with van der Waals surface area (Å²) in [6.07, 6.45) is 4.32. The maximum atomic E-state index is 12.7. The minimum Gasteiger partial charge on any atom is -0.495 e. The Labute approximate surface area is 148 Å². The first-order valence-electron chi connectivity index (χ1n) is 8.29. The van der Waals surface area contributed by atoms with Crippen LogP contribution in [0.25, 0.3) is 0 Å². The second-order valence-corrected chi connectivity index (χ2v) is 6.01. The van der Waals surface area contributed by atoms with Crippen LogP contribution in [0.1, 0.15) is 23.6 Å². The lowest BCUT2D eigenvalue weighted by Crippen LogP contribution is -2.20. The number of aromatic nitrogens is 1. The predicted molar refractivity (Wildman–Crippen MR) is 100.0 cm³/mol. The highest BCUT2D eigenvalue weighted by Crippen LogP contribution is 2.26. The molecule has 3 rings (SSSR count). The highest BCUT2D eigenvalue weighted by molar-refractivity contribution is 5.92. The summed E-state index contributed by atoms with van der Waals surface area (Å²) in [5.41, 5.74) is 2.98. The number of nitrogens with one attached hydrogen (secondary N) is 1. The van der Waals surface area contributed by atoms with Gasteiger partial charge in [0.2, 0.25) is 5.91 Å². The molecule has 0 saturated heterocycles. The molecule has 1 aromatic heterocycles. The van der Waals surface area contributed by atoms with Gasteiger partial charge in [0.15, 0.2) is 0 Å². The highest BCUT2D eigenvalue weighted by Gasteiger charge is 2.18. The average Bonchev–Trinajstić information content (AvgIpc) is 3.14. The van der Waals surface area contributed by atoms with Gasteiger partial charge in [0.1, 0.15) is 5.75 Å². The SMILES string of the molecule is COc1ccccc1NC(=O)C[C@H](c1cccc(C)c1)n1cccc1. The van der Waals surface area contributed by atoms with Crippen molar-refractivity contribution in [2.24, 2.45) is 0 Å². The molecule has 4 nitrogen and oxygen atoms in total. The van der Waals surface area contributed by atoms with Gasteiger partial charge in [-0.3, -0.25) is 4.79 Å². The minimum absolute atomic E-state index is 0.0512. The standard InChI is InChI=1S/C21H22N2O2/c1-16-8-7-9-17(14-16)19(23-12-5-6-13-23)15-21(24)22-18-10-3-4-11-20(18)25-2/h3-14,19H,15H2,1-2H3,(H,22,24)/t19-/m1/s1. The highest BCUT2D eigenvalue weighted by atomic mass is 16.5. The Kier molecular flexibility index (Phi) is 5.19. The van der Waals surface area contributed by atoms with E-state index in [4.69, 9.17) is 4.74 Å². The fraction of sp³-hybridized carbons (Fsp3) is 0.190. The topological polar surface area (TPSA) is 43.3 Å². The van der Waals surface area contributed by atoms with Crippen LogP contribution < -0.4 is 10.1 Å². The first-order valence-corrected chi connectivity index (χ1v) is 8.29. The lowest BCUT2D eigenvalue weighted by molar-refractivity contribution is -0.116. The molecule has 1 atom stereocenters. The van der Waals surface area contributed by atoms with Crippen molar-refractivity contribution in [3.8, 4) is 5.75 Å². The Morgan fingerprint density at radius 2 is 1.84 bits per heavy atom. The lowest BCUT2D eigenvalue weighted by atomic mass is 10.0. The fourth-order valence-corrected chi connectivity index (χ4v) is 2.95. The molecule has 0 aliphatic heterocycles. The number of para-hydroxylation sites is 2. The van der Waals surface area contributed by atoms with Crippen LogP contribution in [0.4, 0.5) is 5.69 Å². The van der Waals surface area contributed by atoms with Crippen molar-refractivity contribution >= 4 is 11.6 Å². The second-order valence-electron chi connectivity index (χ2n) is 6.01. The summed E-state index contributed by atoms with van der Waals surface area (Å²) in [6, 6.07) is 19.6. The van der Waals surface area contributed by atoms with Crippen molar-refractivity contribution in [1.29, 1.82) is 0 Å². The maximum absolute atomic E-state index is 12.7. The van der Waals surface area contributed by atoms with E-state index < -0.39 is 0 Å². The Morgan fingerprint density at radius 1 is 1.08 bits per heavy atom. The van der Waals surface area contributed by atoms with Gasteiger partial charge >= 0.3 is 0 Å². The van der Waals surface area contributed by atoms with Crippen molar-refractivity contribution in [2.75, 3.05) is 12.4 Å². The molecule has 0 radical (unpaired) electrons. The number of ether oxygens (including phenoxy) is 1. The van der Waals surface area contributed by atoms with E-state index in [-0.39, 0.29) is 11.9 Å². The van der Waals surface area contributed by atoms with Crippen LogP contribution in [0.5, 0.6) is 5.75 Å². The molecule has 0 spiro atoms. The van der Waals surface area contributed by atoms with Gasteiger partial charge in [0, 0.05) is 12.4 Å². The third-order valence-corrected chi connectivity index (χ3v) is 4.17. The van der Waals surface area contributed by atoms with E-state index in [0.717, 1.165) is 5.56 Å². The van der Waals surface area contributed by atoms with Crippen molar-refractivity contribution in [1.82, 2.24) is 4.57 Å². The van der Waals surface area contributed by atoms with Crippen LogP contribution in [0.15, 0.2) is 73.1 Å². The number of nitrogens with zero attached hydrogens (tertiary/aromatic N) is 1. The van der Waals surface area contributed by atoms with Crippen LogP contribution in [0.3, 0.4) is 0 Å². The largest absolute Gasteiger partial charge is 0.495 e. The number of anilines is 1. The Balaban J connectivity index is 1.82. The third kappa shape index (κ3) is 4.10. The zero-order valence-electron chi connectivity index (χ0n) is 14.5. The summed E-state index contributed by atoms with van der Waals surface area (Å²) in [6.45, 7) is 2.06. The van der Waals surface area contributed by atoms with E-state index in [0.29, 0.717) is 17.9 Å². The minimum atomic E-state index is -0.0513. The van der Waals surface area contributed by atoms with E-state index in [1.54, 1.807) is 7.11 Å². The van der Waals surface area contributed by atoms with Gasteiger partial charge in [0.25, 0.3) is 0 Å². The zero-order chi connectivity index (χ0) is 17.6. The molecule has 0 aliphatic rings. The van der Waals surface area contributed by atoms with E-state index >= 15 is 0 Å². The summed E-state index contributed by atoms with van der Waals surface area (Å²) in [5, 5.41) is 2.96. The Hall–Kier alpha value is -3.01. The quantitative estimate of drug-likeness (QED) is 0.725. The number of rotatable bonds is 6. The molecule has 0 bridgehead atoms. The molecule has 0 fully saturated rings. The monoisotopic (exact) mass is 334 g/mol. The van der Waals surface area contributed by atoms with Gasteiger partial charge in [-0.25, -0.2) is 0 Å². The average molecular weight is 334 g/mol. The number of amides is 1. The van der Waals surface area contributed by atoms with Crippen LogP contribution in [-0.4, -0.2) is 17.6 Å². The summed E-state index contributed by atoms with van der Waals surface area (Å²) >= 11 is 0. The summed E-state index contributed by atoms with van der Waals surface area (Å²) in [7, 11) is 1.60. The summed E-state index contributed by atoms with van der Waals surface area (Å²) < 4.78 is 7.37. The Morgan fingerprint density at radius 3 is 2.56 bits per heavy atom. The second kappa shape index (κ2) is 7.71. The molecule has 0 saturated carbocycles. The van der Waals surface area contributed by atoms with Crippen LogP contribution in [-0.2, 0) is 4.79 Å². The van der Waals surface area contributed by atoms with Gasteiger partial charge < -0.3 is 14.6 Å². The molecule has 25 heavy (non-hydrogen) atoms. The molecule has 128 valence electrons. The fourth-order valence-electron chi connectivity index (χ4n) is 2.95. The number of methoxy groups -OCH3 is 1. The van der Waals surface area contributed by atoms with Gasteiger partial charge in [-0.05, 0) is 36.8 Å². The van der Waals surface area contributed by atoms with E-state index in [1.807, 2.05) is 54.9 Å². The molecule has 0 unspecified atom stereocenters. The van der Waals surface area contributed by atoms with Gasteiger partial charge in [-0.15, -0.1) is 0 Å². The zero-order valence-corrected chi connectivity index (χ0v) is 14.5. The van der Waals surface area contributed by atoms with E-state index in [9.17, 15) is 4.79 Å². The molecule has 1 heterocycles. The third-order valence-electron chi connectivity index (χ3n) is 4.17. The van der Waals surface area contributed by atoms with Crippen LogP contribution in [0, 0.1) is 6.92 Å². The van der Waals surface area contributed by atoms with Gasteiger partial charge in [-0.1, -0.05) is 42.0 Å². The van der Waals surface area contributed by atoms with Crippen LogP contribution >= 0.6 is 0 Å². The summed E-state index contributed by atoms with van der Waals surface area (Å²) in [5.74, 6) is 0.605. The van der Waals surface area contributed by atoms with Crippen molar-refractivity contribution in [3.63, 3.8) is 0 Å². The molecule has 1 amide bonds. The van der Waals surface area contributed by atoms with Gasteiger partial charge in [0.05, 0.1) is 25.3 Å². The molecular weight excluding hydrogens is 312 g/mol. The van der Waals surface area contributed by atoms with Crippen molar-refractivity contribution in [2.45, 2.75) is 19.4 Å². The van der Waals surface area contributed by atoms with E-state index in [2.05, 4.69) is 35.0 Å². The molecule has 4 heteroatoms. The predicted octanol–water partition coefficient (Wildman–Crippen LogP) is 4.42. The first-order chi connectivity index (χ1) is 12.2. The normalized spacial score (nSPS) is 11.8. The number of aryl methyl sites for hydroxylation is 1. The smallest absolute Gasteiger partial charge is 0.226 e. The molecule has 0 aliphatic carbocycles. The van der Waals surface area contributed by atoms with Gasteiger partial charge in [-0.2, -0.15) is 0 Å². The first kappa shape index (κ1) is 16.8. The molecule has 1 N–H and O–H groups in total. The number of hydrogen-bond donors (Lipinski definition) is 1. The van der Waals surface area contributed by atoms with Crippen molar-refractivity contribution in [3.05, 3.63) is 84.2 Å². The number of benzene rings is 2. The number of carbonyl (C=O) groups is 1. The Bertz CT molecular complexity index is 841. The molecule has 2 aromatic carbocycles. The van der Waals surface area contributed by atoms with E-state index in [1.165, 1.54) is 5.56 Å². The maximum Gasteiger partial charge on any atom is 0.226 e. The lowest BCUT2D eigenvalue weighted by Gasteiger charge is -2.20. The molecule has 3 aromatic rings. The number of carbonyl (C=O) groups excluding carboxylic acids is 1. The summed E-state index contributed by atoms with van der Waals surface area (Å²) in [4.78, 5) is 12.7. The van der Waals surface area contributed by atoms with Crippen molar-refractivity contribution < 1.29 is 9.53 Å². The van der Waals surface area contributed by atoms with Crippen LogP contribution in [0.2, 0.25) is 0 Å².